The molecule has 0 N–H and O–H groups in total. The van der Waals surface area contributed by atoms with Gasteiger partial charge in [-0.05, 0) is 12.0 Å². The molecule has 0 aromatic carbocycles. The van der Waals surface area contributed by atoms with Gasteiger partial charge in [0.15, 0.2) is 0 Å². The third kappa shape index (κ3) is 4.69. The Hall–Kier alpha value is -0.520. The highest BCUT2D eigenvalue weighted by Gasteiger charge is 2.18. The lowest BCUT2D eigenvalue weighted by Crippen LogP contribution is -2.36. The predicted octanol–water partition coefficient (Wildman–Crippen LogP) is 2.78. The van der Waals surface area contributed by atoms with Gasteiger partial charge in [-0.2, -0.15) is 0 Å². The van der Waals surface area contributed by atoms with Gasteiger partial charge in [0.05, 0.1) is 11.5 Å². The first kappa shape index (κ1) is 14.5. The molecule has 1 heterocycles. The van der Waals surface area contributed by atoms with Gasteiger partial charge in [0, 0.05) is 30.5 Å². The summed E-state index contributed by atoms with van der Waals surface area (Å²) in [5.41, 5.74) is 0. The van der Waals surface area contributed by atoms with E-state index in [1.807, 2.05) is 16.3 Å². The van der Waals surface area contributed by atoms with Crippen LogP contribution in [0.3, 0.4) is 0 Å². The zero-order chi connectivity index (χ0) is 12.8. The summed E-state index contributed by atoms with van der Waals surface area (Å²) in [6, 6.07) is 1.82. The Balaban J connectivity index is 2.71. The van der Waals surface area contributed by atoms with Crippen LogP contribution in [0, 0.1) is 5.92 Å². The van der Waals surface area contributed by atoms with Crippen LogP contribution in [0.25, 0.3) is 0 Å². The minimum atomic E-state index is 0.0704. The molecular formula is C12H19NO2S2. The quantitative estimate of drug-likeness (QED) is 0.808. The van der Waals surface area contributed by atoms with E-state index in [0.29, 0.717) is 19.1 Å². The number of ether oxygens (including phenoxy) is 1. The molecule has 0 atom stereocenters. The lowest BCUT2D eigenvalue weighted by Gasteiger charge is -2.23. The number of nitrogens with zero attached hydrogens (tertiary/aromatic N) is 1. The largest absolute Gasteiger partial charge is 0.383 e. The van der Waals surface area contributed by atoms with Crippen molar-refractivity contribution < 1.29 is 9.53 Å². The molecule has 0 bridgehead atoms. The van der Waals surface area contributed by atoms with Crippen LogP contribution >= 0.6 is 24.0 Å². The first-order valence-corrected chi connectivity index (χ1v) is 6.93. The van der Waals surface area contributed by atoms with Crippen molar-refractivity contribution >= 4 is 29.9 Å². The van der Waals surface area contributed by atoms with E-state index in [4.69, 9.17) is 4.74 Å². The number of hydrogen-bond acceptors (Lipinski definition) is 4. The van der Waals surface area contributed by atoms with Crippen molar-refractivity contribution in [3.63, 3.8) is 0 Å². The van der Waals surface area contributed by atoms with Gasteiger partial charge in [0.25, 0.3) is 5.91 Å². The number of carbonyl (C=O) groups is 1. The van der Waals surface area contributed by atoms with Crippen LogP contribution in [0.2, 0.25) is 0 Å². The molecule has 1 aromatic rings. The van der Waals surface area contributed by atoms with Crippen molar-refractivity contribution in [3.05, 3.63) is 16.3 Å². The maximum Gasteiger partial charge on any atom is 0.264 e. The van der Waals surface area contributed by atoms with Crippen LogP contribution in [0.5, 0.6) is 0 Å². The summed E-state index contributed by atoms with van der Waals surface area (Å²) in [5.74, 6) is 0.521. The normalized spacial score (nSPS) is 10.9. The summed E-state index contributed by atoms with van der Waals surface area (Å²) in [5, 5.41) is 1.88. The zero-order valence-electron chi connectivity index (χ0n) is 10.5. The predicted molar refractivity (Wildman–Crippen MR) is 74.2 cm³/mol. The second-order valence-corrected chi connectivity index (χ2v) is 5.73. The standard InChI is InChI=1S/C12H19NO2S2/c1-9(2)7-13(4-5-15-3)12(14)11-6-10(16)8-17-11/h6,8-9,16H,4-5,7H2,1-3H3. The molecule has 0 saturated carbocycles. The maximum absolute atomic E-state index is 12.2. The van der Waals surface area contributed by atoms with Crippen molar-refractivity contribution in [3.8, 4) is 0 Å². The van der Waals surface area contributed by atoms with Gasteiger partial charge < -0.3 is 9.64 Å². The van der Waals surface area contributed by atoms with Gasteiger partial charge in [-0.15, -0.1) is 24.0 Å². The lowest BCUT2D eigenvalue weighted by molar-refractivity contribution is 0.0677. The number of rotatable bonds is 6. The second-order valence-electron chi connectivity index (χ2n) is 4.31. The number of thiophene rings is 1. The van der Waals surface area contributed by atoms with E-state index < -0.39 is 0 Å². The minimum Gasteiger partial charge on any atom is -0.383 e. The molecule has 17 heavy (non-hydrogen) atoms. The van der Waals surface area contributed by atoms with E-state index in [1.165, 1.54) is 11.3 Å². The Morgan fingerprint density at radius 3 is 2.76 bits per heavy atom. The van der Waals surface area contributed by atoms with E-state index in [0.717, 1.165) is 16.3 Å². The summed E-state index contributed by atoms with van der Waals surface area (Å²) < 4.78 is 5.04. The van der Waals surface area contributed by atoms with E-state index >= 15 is 0 Å². The highest BCUT2D eigenvalue weighted by atomic mass is 32.1. The second kappa shape index (κ2) is 7.03. The fourth-order valence-electron chi connectivity index (χ4n) is 1.51. The van der Waals surface area contributed by atoms with E-state index in [1.54, 1.807) is 7.11 Å². The summed E-state index contributed by atoms with van der Waals surface area (Å²) in [7, 11) is 1.65. The van der Waals surface area contributed by atoms with Crippen LogP contribution in [0.1, 0.15) is 23.5 Å². The maximum atomic E-state index is 12.2. The Bertz CT molecular complexity index is 363. The van der Waals surface area contributed by atoms with Crippen LogP contribution < -0.4 is 0 Å². The molecule has 0 aliphatic heterocycles. The Labute approximate surface area is 112 Å². The number of amides is 1. The number of thiol groups is 1. The molecular weight excluding hydrogens is 254 g/mol. The molecule has 5 heteroatoms. The molecule has 0 radical (unpaired) electrons. The SMILES string of the molecule is COCCN(CC(C)C)C(=O)c1cc(S)cs1. The molecule has 0 fully saturated rings. The summed E-state index contributed by atoms with van der Waals surface area (Å²) in [4.78, 5) is 15.7. The fourth-order valence-corrected chi connectivity index (χ4v) is 2.63. The van der Waals surface area contributed by atoms with Crippen molar-refractivity contribution in [2.45, 2.75) is 18.7 Å². The molecule has 1 rings (SSSR count). The summed E-state index contributed by atoms with van der Waals surface area (Å²) in [6.45, 7) is 6.16. The smallest absolute Gasteiger partial charge is 0.264 e. The third-order valence-electron chi connectivity index (χ3n) is 2.23. The third-order valence-corrected chi connectivity index (χ3v) is 3.59. The molecule has 96 valence electrons. The average molecular weight is 273 g/mol. The lowest BCUT2D eigenvalue weighted by atomic mass is 10.2. The number of carbonyl (C=O) groups excluding carboxylic acids is 1. The molecule has 0 saturated heterocycles. The van der Waals surface area contributed by atoms with Crippen LogP contribution in [-0.2, 0) is 4.74 Å². The minimum absolute atomic E-state index is 0.0704. The van der Waals surface area contributed by atoms with Gasteiger partial charge >= 0.3 is 0 Å². The Kier molecular flexibility index (Phi) is 6.02. The van der Waals surface area contributed by atoms with Crippen LogP contribution in [-0.4, -0.2) is 37.6 Å². The molecule has 1 amide bonds. The fraction of sp³-hybridized carbons (Fsp3) is 0.583. The topological polar surface area (TPSA) is 29.5 Å². The van der Waals surface area contributed by atoms with Crippen molar-refractivity contribution in [2.75, 3.05) is 26.8 Å². The van der Waals surface area contributed by atoms with Crippen LogP contribution in [0.4, 0.5) is 0 Å². The molecule has 3 nitrogen and oxygen atoms in total. The zero-order valence-corrected chi connectivity index (χ0v) is 12.2. The average Bonchev–Trinajstić information content (AvgIpc) is 2.69. The van der Waals surface area contributed by atoms with E-state index in [2.05, 4.69) is 26.5 Å². The highest BCUT2D eigenvalue weighted by molar-refractivity contribution is 7.80. The first-order chi connectivity index (χ1) is 8.04. The van der Waals surface area contributed by atoms with Crippen molar-refractivity contribution in [2.24, 2.45) is 5.92 Å². The number of methoxy groups -OCH3 is 1. The van der Waals surface area contributed by atoms with Gasteiger partial charge in [-0.1, -0.05) is 13.8 Å². The van der Waals surface area contributed by atoms with Gasteiger partial charge in [-0.3, -0.25) is 4.79 Å². The van der Waals surface area contributed by atoms with Gasteiger partial charge in [-0.25, -0.2) is 0 Å². The molecule has 0 aliphatic rings. The molecule has 0 spiro atoms. The molecule has 1 aromatic heterocycles. The summed E-state index contributed by atoms with van der Waals surface area (Å²) in [6.07, 6.45) is 0. The van der Waals surface area contributed by atoms with Gasteiger partial charge in [0.1, 0.15) is 0 Å². The van der Waals surface area contributed by atoms with Crippen molar-refractivity contribution in [1.82, 2.24) is 4.90 Å². The highest BCUT2D eigenvalue weighted by Crippen LogP contribution is 2.19. The summed E-state index contributed by atoms with van der Waals surface area (Å²) >= 11 is 5.66. The molecule has 0 unspecified atom stereocenters. The van der Waals surface area contributed by atoms with Crippen molar-refractivity contribution in [1.29, 1.82) is 0 Å². The Morgan fingerprint density at radius 1 is 1.59 bits per heavy atom. The van der Waals surface area contributed by atoms with E-state index in [-0.39, 0.29) is 5.91 Å². The number of hydrogen-bond donors (Lipinski definition) is 1. The first-order valence-electron chi connectivity index (χ1n) is 5.60. The Morgan fingerprint density at radius 2 is 2.29 bits per heavy atom. The molecule has 0 aliphatic carbocycles. The van der Waals surface area contributed by atoms with Gasteiger partial charge in [0.2, 0.25) is 0 Å². The van der Waals surface area contributed by atoms with Crippen LogP contribution in [0.15, 0.2) is 16.3 Å². The van der Waals surface area contributed by atoms with E-state index in [9.17, 15) is 4.79 Å². The monoisotopic (exact) mass is 273 g/mol.